The van der Waals surface area contributed by atoms with Crippen molar-refractivity contribution >= 4 is 33.5 Å². The predicted octanol–water partition coefficient (Wildman–Crippen LogP) is 3.52. The summed E-state index contributed by atoms with van der Waals surface area (Å²) in [7, 11) is 0. The Hall–Kier alpha value is -3.41. The molecular weight excluding hydrogens is 414 g/mol. The van der Waals surface area contributed by atoms with Gasteiger partial charge >= 0.3 is 6.09 Å². The number of nitrogens with one attached hydrogen (secondary N) is 1. The molecular formula is C27H32N3O3+. The Bertz CT molecular complexity index is 1190. The highest BCUT2D eigenvalue weighted by atomic mass is 16.6. The minimum absolute atomic E-state index is 0.0547. The molecule has 1 aliphatic rings. The number of alkyl carbamates (subject to hydrolysis) is 1. The van der Waals surface area contributed by atoms with Crippen LogP contribution in [-0.2, 0) is 9.53 Å². The predicted molar refractivity (Wildman–Crippen MR) is 132 cm³/mol. The summed E-state index contributed by atoms with van der Waals surface area (Å²) in [5, 5.41) is 8.75. The third-order valence-corrected chi connectivity index (χ3v) is 5.83. The molecule has 0 aliphatic carbocycles. The third kappa shape index (κ3) is 5.51. The zero-order valence-electron chi connectivity index (χ0n) is 19.6. The Morgan fingerprint density at radius 3 is 2.00 bits per heavy atom. The van der Waals surface area contributed by atoms with Gasteiger partial charge in [0.1, 0.15) is 5.60 Å². The van der Waals surface area contributed by atoms with Crippen molar-refractivity contribution in [1.29, 1.82) is 0 Å². The molecule has 33 heavy (non-hydrogen) atoms. The van der Waals surface area contributed by atoms with E-state index in [1.807, 2.05) is 25.7 Å². The van der Waals surface area contributed by atoms with E-state index in [0.29, 0.717) is 13.1 Å². The number of ether oxygens (including phenoxy) is 1. The third-order valence-electron chi connectivity index (χ3n) is 5.83. The lowest BCUT2D eigenvalue weighted by Crippen LogP contribution is -2.50. The highest BCUT2D eigenvalue weighted by molar-refractivity contribution is 5.92. The monoisotopic (exact) mass is 446 g/mol. The van der Waals surface area contributed by atoms with Gasteiger partial charge in [-0.2, -0.15) is 0 Å². The number of hydrogen-bond acceptors (Lipinski definition) is 3. The largest absolute Gasteiger partial charge is 0.444 e. The van der Waals surface area contributed by atoms with Crippen molar-refractivity contribution in [3.8, 4) is 0 Å². The van der Waals surface area contributed by atoms with Crippen LogP contribution < -0.4 is 15.2 Å². The number of amides is 2. The molecule has 0 aromatic heterocycles. The lowest BCUT2D eigenvalue weighted by atomic mass is 10.1. The average Bonchev–Trinajstić information content (AvgIpc) is 2.95. The zero-order chi connectivity index (χ0) is 23.4. The topological polar surface area (TPSA) is 61.6 Å². The highest BCUT2D eigenvalue weighted by Gasteiger charge is 2.24. The van der Waals surface area contributed by atoms with Crippen molar-refractivity contribution in [1.82, 2.24) is 14.8 Å². The summed E-state index contributed by atoms with van der Waals surface area (Å²) in [6, 6.07) is 21.3. The molecule has 0 saturated carbocycles. The van der Waals surface area contributed by atoms with Crippen LogP contribution in [0.1, 0.15) is 27.2 Å². The van der Waals surface area contributed by atoms with Crippen molar-refractivity contribution < 1.29 is 14.3 Å². The van der Waals surface area contributed by atoms with Crippen LogP contribution in [0.3, 0.4) is 0 Å². The molecule has 3 aromatic carbocycles. The molecule has 1 heterocycles. The van der Waals surface area contributed by atoms with E-state index < -0.39 is 11.7 Å². The van der Waals surface area contributed by atoms with E-state index in [4.69, 9.17) is 4.74 Å². The molecule has 0 atom stereocenters. The fourth-order valence-electron chi connectivity index (χ4n) is 4.30. The second kappa shape index (κ2) is 9.61. The van der Waals surface area contributed by atoms with Gasteiger partial charge in [-0.15, -0.1) is 0 Å². The normalized spacial score (nSPS) is 14.4. The van der Waals surface area contributed by atoms with Crippen molar-refractivity contribution in [2.24, 2.45) is 0 Å². The molecule has 3 aromatic rings. The van der Waals surface area contributed by atoms with Gasteiger partial charge in [0.2, 0.25) is 11.3 Å². The first kappa shape index (κ1) is 22.8. The summed E-state index contributed by atoms with van der Waals surface area (Å²) >= 11 is 0. The number of rotatable bonds is 3. The summed E-state index contributed by atoms with van der Waals surface area (Å²) in [5.41, 5.74) is -0.549. The maximum Gasteiger partial charge on any atom is 0.407 e. The second-order valence-corrected chi connectivity index (χ2v) is 9.40. The van der Waals surface area contributed by atoms with Crippen LogP contribution in [0.25, 0.3) is 21.5 Å². The maximum atomic E-state index is 12.7. The van der Waals surface area contributed by atoms with Crippen LogP contribution in [-0.4, -0.2) is 55.2 Å². The number of hydrogen-bond donors (Lipinski definition) is 1. The molecule has 172 valence electrons. The van der Waals surface area contributed by atoms with Crippen LogP contribution >= 0.6 is 0 Å². The minimum atomic E-state index is -0.549. The molecule has 6 heteroatoms. The molecule has 1 N–H and O–H groups in total. The maximum absolute atomic E-state index is 12.7. The summed E-state index contributed by atoms with van der Waals surface area (Å²) in [6.45, 7) is 8.58. The van der Waals surface area contributed by atoms with E-state index in [9.17, 15) is 9.59 Å². The summed E-state index contributed by atoms with van der Waals surface area (Å²) in [6.07, 6.45) is -0.221. The Kier molecular flexibility index (Phi) is 6.63. The van der Waals surface area contributed by atoms with Gasteiger partial charge in [0.25, 0.3) is 0 Å². The molecule has 0 unspecified atom stereocenters. The summed E-state index contributed by atoms with van der Waals surface area (Å²) < 4.78 is 7.62. The number of carbonyl (C=O) groups is 2. The van der Waals surface area contributed by atoms with Crippen molar-refractivity contribution in [3.05, 3.63) is 66.0 Å². The van der Waals surface area contributed by atoms with Gasteiger partial charge in [0, 0.05) is 13.0 Å². The van der Waals surface area contributed by atoms with Crippen molar-refractivity contribution in [2.45, 2.75) is 32.8 Å². The van der Waals surface area contributed by atoms with Crippen LogP contribution in [0.4, 0.5) is 4.79 Å². The van der Waals surface area contributed by atoms with E-state index >= 15 is 0 Å². The molecule has 0 spiro atoms. The Morgan fingerprint density at radius 2 is 1.45 bits per heavy atom. The molecule has 4 rings (SSSR count). The van der Waals surface area contributed by atoms with E-state index in [0.717, 1.165) is 13.1 Å². The van der Waals surface area contributed by atoms with E-state index in [-0.39, 0.29) is 18.9 Å². The number of carbonyl (C=O) groups excluding carboxylic acids is 2. The van der Waals surface area contributed by atoms with E-state index in [2.05, 4.69) is 70.6 Å². The lowest BCUT2D eigenvalue weighted by molar-refractivity contribution is -0.131. The molecule has 1 aliphatic heterocycles. The van der Waals surface area contributed by atoms with Gasteiger partial charge in [-0.05, 0) is 43.7 Å². The molecule has 1 fully saturated rings. The van der Waals surface area contributed by atoms with Gasteiger partial charge in [-0.3, -0.25) is 4.79 Å². The smallest absolute Gasteiger partial charge is 0.407 e. The Morgan fingerprint density at radius 1 is 0.909 bits per heavy atom. The van der Waals surface area contributed by atoms with Gasteiger partial charge in [-0.1, -0.05) is 48.5 Å². The molecule has 0 radical (unpaired) electrons. The van der Waals surface area contributed by atoms with Gasteiger partial charge in [0.15, 0.2) is 13.1 Å². The number of nitrogens with zero attached hydrogens (tertiary/aromatic N) is 2. The standard InChI is InChI=1S/C27H31N3O3/c1-27(2,3)33-26(32)28-15-14-24(31)29-16-18-30(19-17-29)25-22-10-6-4-8-20(22)12-13-21-9-5-7-11-23(21)25/h4-13H,14-19H2,1-3H3/p+1. The highest BCUT2D eigenvalue weighted by Crippen LogP contribution is 2.15. The number of piperazine rings is 1. The molecule has 6 nitrogen and oxygen atoms in total. The lowest BCUT2D eigenvalue weighted by Gasteiger charge is -2.26. The first-order valence-electron chi connectivity index (χ1n) is 11.6. The molecule has 2 amide bonds. The first-order valence-corrected chi connectivity index (χ1v) is 11.6. The zero-order valence-corrected chi connectivity index (χ0v) is 19.6. The fraction of sp³-hybridized carbons (Fsp3) is 0.370. The quantitative estimate of drug-likeness (QED) is 0.626. The van der Waals surface area contributed by atoms with Crippen molar-refractivity contribution in [3.63, 3.8) is 0 Å². The fourth-order valence-corrected chi connectivity index (χ4v) is 4.30. The van der Waals surface area contributed by atoms with Crippen LogP contribution in [0.15, 0.2) is 60.7 Å². The van der Waals surface area contributed by atoms with Gasteiger partial charge in [-0.25, -0.2) is 9.37 Å². The average molecular weight is 447 g/mol. The van der Waals surface area contributed by atoms with E-state index in [1.54, 1.807) is 0 Å². The van der Waals surface area contributed by atoms with Crippen molar-refractivity contribution in [2.75, 3.05) is 32.7 Å². The SMILES string of the molecule is CC(C)(C)OC(=O)NCCC(=O)N1CC[N+](=c2c3ccccc3ccc3ccccc23)CC1. The Labute approximate surface area is 194 Å². The van der Waals surface area contributed by atoms with Crippen LogP contribution in [0.5, 0.6) is 0 Å². The summed E-state index contributed by atoms with van der Waals surface area (Å²) in [4.78, 5) is 26.4. The minimum Gasteiger partial charge on any atom is -0.444 e. The van der Waals surface area contributed by atoms with Gasteiger partial charge in [0.05, 0.1) is 23.9 Å². The van der Waals surface area contributed by atoms with E-state index in [1.165, 1.54) is 26.9 Å². The molecule has 1 saturated heterocycles. The van der Waals surface area contributed by atoms with Crippen LogP contribution in [0, 0.1) is 0 Å². The Balaban J connectivity index is 1.51. The number of fused-ring (bicyclic) bond motifs is 2. The first-order chi connectivity index (χ1) is 15.8. The molecule has 0 bridgehead atoms. The number of benzene rings is 2. The second-order valence-electron chi connectivity index (χ2n) is 9.40. The van der Waals surface area contributed by atoms with Gasteiger partial charge < -0.3 is 15.0 Å². The van der Waals surface area contributed by atoms with Crippen LogP contribution in [0.2, 0.25) is 0 Å². The summed E-state index contributed by atoms with van der Waals surface area (Å²) in [5.74, 6) is 0.0547.